The van der Waals surface area contributed by atoms with Gasteiger partial charge in [0, 0.05) is 13.1 Å². The van der Waals surface area contributed by atoms with Gasteiger partial charge in [0.1, 0.15) is 0 Å². The molecule has 1 amide bonds. The number of hydrogen-bond donors (Lipinski definition) is 2. The van der Waals surface area contributed by atoms with E-state index in [1.54, 1.807) is 18.2 Å². The number of anilines is 2. The van der Waals surface area contributed by atoms with Crippen LogP contribution in [0.15, 0.2) is 18.2 Å². The SMILES string of the molecule is COC(=O)c1cccc(N)c1N1CCCC(C(N)=O)C1. The first-order valence-corrected chi connectivity index (χ1v) is 6.55. The van der Waals surface area contributed by atoms with E-state index in [1.807, 2.05) is 4.90 Å². The molecule has 1 unspecified atom stereocenters. The highest BCUT2D eigenvalue weighted by molar-refractivity contribution is 5.99. The van der Waals surface area contributed by atoms with Gasteiger partial charge in [0.2, 0.25) is 5.91 Å². The minimum absolute atomic E-state index is 0.214. The number of rotatable bonds is 3. The Labute approximate surface area is 117 Å². The highest BCUT2D eigenvalue weighted by Crippen LogP contribution is 2.32. The van der Waals surface area contributed by atoms with Gasteiger partial charge in [0.15, 0.2) is 0 Å². The summed E-state index contributed by atoms with van der Waals surface area (Å²) >= 11 is 0. The molecular formula is C14H19N3O3. The molecule has 1 fully saturated rings. The summed E-state index contributed by atoms with van der Waals surface area (Å²) in [5.74, 6) is -0.967. The van der Waals surface area contributed by atoms with E-state index in [0.717, 1.165) is 19.4 Å². The molecule has 1 atom stereocenters. The molecule has 0 radical (unpaired) electrons. The molecule has 0 bridgehead atoms. The lowest BCUT2D eigenvalue weighted by Gasteiger charge is -2.34. The van der Waals surface area contributed by atoms with Crippen LogP contribution in [0.4, 0.5) is 11.4 Å². The van der Waals surface area contributed by atoms with Crippen molar-refractivity contribution in [2.75, 3.05) is 30.8 Å². The van der Waals surface area contributed by atoms with Crippen LogP contribution in [0.1, 0.15) is 23.2 Å². The Hall–Kier alpha value is -2.24. The summed E-state index contributed by atoms with van der Waals surface area (Å²) in [6.07, 6.45) is 1.61. The molecule has 1 saturated heterocycles. The van der Waals surface area contributed by atoms with E-state index in [-0.39, 0.29) is 11.8 Å². The number of benzene rings is 1. The lowest BCUT2D eigenvalue weighted by molar-refractivity contribution is -0.122. The Bertz CT molecular complexity index is 530. The summed E-state index contributed by atoms with van der Waals surface area (Å²) < 4.78 is 4.78. The fourth-order valence-corrected chi connectivity index (χ4v) is 2.60. The van der Waals surface area contributed by atoms with Crippen LogP contribution in [0.5, 0.6) is 0 Å². The van der Waals surface area contributed by atoms with Gasteiger partial charge >= 0.3 is 5.97 Å². The van der Waals surface area contributed by atoms with Crippen LogP contribution in [0.3, 0.4) is 0 Å². The predicted octanol–water partition coefficient (Wildman–Crippen LogP) is 0.757. The number of amides is 1. The van der Waals surface area contributed by atoms with Gasteiger partial charge in [0.05, 0.1) is 30.0 Å². The van der Waals surface area contributed by atoms with E-state index >= 15 is 0 Å². The monoisotopic (exact) mass is 277 g/mol. The van der Waals surface area contributed by atoms with Crippen LogP contribution in [-0.4, -0.2) is 32.1 Å². The van der Waals surface area contributed by atoms with Gasteiger partial charge in [0.25, 0.3) is 0 Å². The van der Waals surface area contributed by atoms with E-state index < -0.39 is 5.97 Å². The molecule has 20 heavy (non-hydrogen) atoms. The fourth-order valence-electron chi connectivity index (χ4n) is 2.60. The van der Waals surface area contributed by atoms with Gasteiger partial charge in [-0.05, 0) is 25.0 Å². The largest absolute Gasteiger partial charge is 0.465 e. The van der Waals surface area contributed by atoms with Crippen molar-refractivity contribution >= 4 is 23.3 Å². The normalized spacial score (nSPS) is 18.6. The molecule has 6 heteroatoms. The third-order valence-electron chi connectivity index (χ3n) is 3.61. The first kappa shape index (κ1) is 14.2. The zero-order valence-corrected chi connectivity index (χ0v) is 11.5. The molecule has 0 aromatic heterocycles. The van der Waals surface area contributed by atoms with Crippen molar-refractivity contribution in [3.8, 4) is 0 Å². The highest BCUT2D eigenvalue weighted by Gasteiger charge is 2.28. The third-order valence-corrected chi connectivity index (χ3v) is 3.61. The van der Waals surface area contributed by atoms with Crippen molar-refractivity contribution in [2.24, 2.45) is 11.7 Å². The lowest BCUT2D eigenvalue weighted by Crippen LogP contribution is -2.42. The van der Waals surface area contributed by atoms with Crippen molar-refractivity contribution in [3.05, 3.63) is 23.8 Å². The summed E-state index contributed by atoms with van der Waals surface area (Å²) in [5, 5.41) is 0. The van der Waals surface area contributed by atoms with E-state index in [9.17, 15) is 9.59 Å². The molecule has 0 aliphatic carbocycles. The minimum atomic E-state index is -0.437. The number of piperidine rings is 1. The lowest BCUT2D eigenvalue weighted by atomic mass is 9.96. The van der Waals surface area contributed by atoms with E-state index in [0.29, 0.717) is 23.5 Å². The summed E-state index contributed by atoms with van der Waals surface area (Å²) in [6, 6.07) is 5.11. The molecule has 1 heterocycles. The number of nitrogen functional groups attached to an aromatic ring is 1. The van der Waals surface area contributed by atoms with E-state index in [2.05, 4.69) is 0 Å². The van der Waals surface area contributed by atoms with Crippen LogP contribution in [0.25, 0.3) is 0 Å². The topological polar surface area (TPSA) is 98.7 Å². The van der Waals surface area contributed by atoms with Crippen molar-refractivity contribution in [1.82, 2.24) is 0 Å². The van der Waals surface area contributed by atoms with Crippen LogP contribution < -0.4 is 16.4 Å². The molecule has 1 aromatic rings. The second-order valence-corrected chi connectivity index (χ2v) is 4.92. The molecule has 108 valence electrons. The number of carbonyl (C=O) groups excluding carboxylic acids is 2. The third kappa shape index (κ3) is 2.68. The number of esters is 1. The maximum absolute atomic E-state index is 11.8. The second-order valence-electron chi connectivity index (χ2n) is 4.92. The number of methoxy groups -OCH3 is 1. The summed E-state index contributed by atoms with van der Waals surface area (Å²) in [6.45, 7) is 1.22. The van der Waals surface area contributed by atoms with E-state index in [4.69, 9.17) is 16.2 Å². The van der Waals surface area contributed by atoms with Gasteiger partial charge in [-0.15, -0.1) is 0 Å². The number of nitrogens with zero attached hydrogens (tertiary/aromatic N) is 1. The fraction of sp³-hybridized carbons (Fsp3) is 0.429. The van der Waals surface area contributed by atoms with Crippen molar-refractivity contribution in [1.29, 1.82) is 0 Å². The average Bonchev–Trinajstić information content (AvgIpc) is 2.46. The molecule has 1 aliphatic heterocycles. The molecule has 1 aliphatic rings. The van der Waals surface area contributed by atoms with Gasteiger partial charge in [-0.2, -0.15) is 0 Å². The van der Waals surface area contributed by atoms with Gasteiger partial charge in [-0.1, -0.05) is 6.07 Å². The van der Waals surface area contributed by atoms with Gasteiger partial charge in [-0.3, -0.25) is 4.79 Å². The van der Waals surface area contributed by atoms with Gasteiger partial charge < -0.3 is 21.1 Å². The molecule has 2 rings (SSSR count). The molecule has 0 saturated carbocycles. The molecule has 1 aromatic carbocycles. The quantitative estimate of drug-likeness (QED) is 0.627. The Kier molecular flexibility index (Phi) is 4.12. The van der Waals surface area contributed by atoms with Crippen molar-refractivity contribution in [2.45, 2.75) is 12.8 Å². The summed E-state index contributed by atoms with van der Waals surface area (Å²) in [4.78, 5) is 25.2. The zero-order chi connectivity index (χ0) is 14.7. The number of primary amides is 1. The number of nitrogens with two attached hydrogens (primary N) is 2. The minimum Gasteiger partial charge on any atom is -0.465 e. The standard InChI is InChI=1S/C14H19N3O3/c1-20-14(19)10-5-2-6-11(15)12(10)17-7-3-4-9(8-17)13(16)18/h2,5-6,9H,3-4,7-8,15H2,1H3,(H2,16,18). The van der Waals surface area contributed by atoms with Crippen LogP contribution in [0.2, 0.25) is 0 Å². The van der Waals surface area contributed by atoms with Crippen molar-refractivity contribution < 1.29 is 14.3 Å². The Morgan fingerprint density at radius 3 is 2.80 bits per heavy atom. The smallest absolute Gasteiger partial charge is 0.340 e. The molecular weight excluding hydrogens is 258 g/mol. The van der Waals surface area contributed by atoms with Gasteiger partial charge in [-0.25, -0.2) is 4.79 Å². The first-order chi connectivity index (χ1) is 9.54. The Balaban J connectivity index is 2.36. The van der Waals surface area contributed by atoms with Crippen LogP contribution >= 0.6 is 0 Å². The summed E-state index contributed by atoms with van der Waals surface area (Å²) in [5.41, 5.74) is 12.9. The first-order valence-electron chi connectivity index (χ1n) is 6.55. The number of carbonyl (C=O) groups is 2. The number of para-hydroxylation sites is 1. The number of ether oxygens (including phenoxy) is 1. The molecule has 0 spiro atoms. The Morgan fingerprint density at radius 2 is 2.15 bits per heavy atom. The highest BCUT2D eigenvalue weighted by atomic mass is 16.5. The average molecular weight is 277 g/mol. The van der Waals surface area contributed by atoms with Crippen LogP contribution in [0, 0.1) is 5.92 Å². The van der Waals surface area contributed by atoms with Crippen LogP contribution in [-0.2, 0) is 9.53 Å². The Morgan fingerprint density at radius 1 is 1.40 bits per heavy atom. The zero-order valence-electron chi connectivity index (χ0n) is 11.5. The molecule has 6 nitrogen and oxygen atoms in total. The van der Waals surface area contributed by atoms with Crippen molar-refractivity contribution in [3.63, 3.8) is 0 Å². The second kappa shape index (κ2) is 5.81. The molecule has 4 N–H and O–H groups in total. The predicted molar refractivity (Wildman–Crippen MR) is 76.3 cm³/mol. The maximum atomic E-state index is 11.8. The maximum Gasteiger partial charge on any atom is 0.340 e. The summed E-state index contributed by atoms with van der Waals surface area (Å²) in [7, 11) is 1.33. The van der Waals surface area contributed by atoms with E-state index in [1.165, 1.54) is 7.11 Å². The number of hydrogen-bond acceptors (Lipinski definition) is 5.